The summed E-state index contributed by atoms with van der Waals surface area (Å²) < 4.78 is 4.38. The van der Waals surface area contributed by atoms with Gasteiger partial charge in [-0.2, -0.15) is 0 Å². The molecule has 1 nitrogen and oxygen atoms in total. The molecule has 4 heteroatoms. The Labute approximate surface area is 259 Å². The Morgan fingerprint density at radius 3 is 1.71 bits per heavy atom. The number of halogens is 2. The molecule has 6 aromatic carbocycles. The summed E-state index contributed by atoms with van der Waals surface area (Å²) in [6.07, 6.45) is 0. The van der Waals surface area contributed by atoms with E-state index in [9.17, 15) is 5.11 Å². The number of rotatable bonds is 2. The van der Waals surface area contributed by atoms with Crippen LogP contribution in [0.5, 0.6) is 0 Å². The fourth-order valence-corrected chi connectivity index (χ4v) is 8.30. The molecule has 0 spiro atoms. The van der Waals surface area contributed by atoms with Crippen molar-refractivity contribution in [3.8, 4) is 33.4 Å². The summed E-state index contributed by atoms with van der Waals surface area (Å²) in [4.78, 5) is 0. The lowest BCUT2D eigenvalue weighted by Gasteiger charge is -2.34. The van der Waals surface area contributed by atoms with Crippen LogP contribution in [0.15, 0.2) is 136 Å². The normalized spacial score (nSPS) is 13.4. The van der Waals surface area contributed by atoms with Crippen molar-refractivity contribution in [2.45, 2.75) is 5.60 Å². The van der Waals surface area contributed by atoms with Gasteiger partial charge in [0.2, 0.25) is 0 Å². The zero-order valence-corrected chi connectivity index (χ0v) is 25.7. The maximum atomic E-state index is 13.4. The smallest absolute Gasteiger partial charge is 0.142 e. The van der Waals surface area contributed by atoms with Gasteiger partial charge in [0.05, 0.1) is 0 Å². The Morgan fingerprint density at radius 2 is 1.02 bits per heavy atom. The minimum atomic E-state index is -1.43. The zero-order chi connectivity index (χ0) is 27.7. The molecule has 0 amide bonds. The first-order valence-corrected chi connectivity index (χ1v) is 15.9. The van der Waals surface area contributed by atoms with E-state index in [1.54, 1.807) is 0 Å². The Hall–Kier alpha value is -3.54. The SMILES string of the molecule is OC1(c2ccccc2-c2ccc3c(c2)sc2ccccc23)c2cc(Br)ccc2-c2ccccc2-c2ccc(Br)cc21. The molecule has 1 aliphatic rings. The molecule has 0 saturated carbocycles. The van der Waals surface area contributed by atoms with E-state index in [0.29, 0.717) is 0 Å². The second-order valence-electron chi connectivity index (χ2n) is 10.5. The van der Waals surface area contributed by atoms with Crippen molar-refractivity contribution < 1.29 is 5.11 Å². The van der Waals surface area contributed by atoms with Crippen molar-refractivity contribution in [1.29, 1.82) is 0 Å². The predicted molar refractivity (Wildman–Crippen MR) is 180 cm³/mol. The number of thiophene rings is 1. The van der Waals surface area contributed by atoms with Crippen molar-refractivity contribution in [1.82, 2.24) is 0 Å². The van der Waals surface area contributed by atoms with Gasteiger partial charge in [0.1, 0.15) is 5.60 Å². The highest BCUT2D eigenvalue weighted by Gasteiger charge is 2.42. The first-order valence-electron chi connectivity index (χ1n) is 13.5. The van der Waals surface area contributed by atoms with Crippen molar-refractivity contribution >= 4 is 63.4 Å². The van der Waals surface area contributed by atoms with E-state index in [0.717, 1.165) is 59.0 Å². The van der Waals surface area contributed by atoms with Crippen molar-refractivity contribution in [2.75, 3.05) is 0 Å². The molecule has 0 unspecified atom stereocenters. The molecule has 0 bridgehead atoms. The summed E-state index contributed by atoms with van der Waals surface area (Å²) in [6, 6.07) is 44.5. The summed E-state index contributed by atoms with van der Waals surface area (Å²) in [5.74, 6) is 0. The number of benzene rings is 6. The van der Waals surface area contributed by atoms with E-state index in [4.69, 9.17) is 0 Å². The molecule has 0 radical (unpaired) electrons. The molecule has 8 rings (SSSR count). The van der Waals surface area contributed by atoms with Crippen LogP contribution in [0.3, 0.4) is 0 Å². The highest BCUT2D eigenvalue weighted by atomic mass is 79.9. The minimum absolute atomic E-state index is 0.853. The van der Waals surface area contributed by atoms with Gasteiger partial charge in [-0.3, -0.25) is 0 Å². The van der Waals surface area contributed by atoms with Gasteiger partial charge < -0.3 is 5.11 Å². The molecule has 1 N–H and O–H groups in total. The highest BCUT2D eigenvalue weighted by Crippen LogP contribution is 2.53. The summed E-state index contributed by atoms with van der Waals surface area (Å²) in [7, 11) is 0. The van der Waals surface area contributed by atoms with Crippen LogP contribution in [0.4, 0.5) is 0 Å². The number of aliphatic hydroxyl groups is 1. The predicted octanol–water partition coefficient (Wildman–Crippen LogP) is 11.2. The molecule has 1 heterocycles. The Balaban J connectivity index is 1.46. The quantitative estimate of drug-likeness (QED) is 0.194. The molecule has 1 aliphatic carbocycles. The third-order valence-electron chi connectivity index (χ3n) is 8.26. The van der Waals surface area contributed by atoms with Crippen molar-refractivity contribution in [3.63, 3.8) is 0 Å². The third-order valence-corrected chi connectivity index (χ3v) is 10.4. The van der Waals surface area contributed by atoms with Gasteiger partial charge in [-0.25, -0.2) is 0 Å². The maximum absolute atomic E-state index is 13.4. The van der Waals surface area contributed by atoms with Crippen LogP contribution < -0.4 is 0 Å². The van der Waals surface area contributed by atoms with Crippen LogP contribution in [0.2, 0.25) is 0 Å². The molecule has 1 aromatic heterocycles. The zero-order valence-electron chi connectivity index (χ0n) is 21.7. The minimum Gasteiger partial charge on any atom is -0.376 e. The summed E-state index contributed by atoms with van der Waals surface area (Å²) >= 11 is 9.26. The van der Waals surface area contributed by atoms with Gasteiger partial charge in [0.25, 0.3) is 0 Å². The average Bonchev–Trinajstić information content (AvgIpc) is 3.35. The molecule has 41 heavy (non-hydrogen) atoms. The molecule has 0 aliphatic heterocycles. The Bertz CT molecular complexity index is 2090. The van der Waals surface area contributed by atoms with Crippen LogP contribution in [0, 0.1) is 0 Å². The van der Waals surface area contributed by atoms with Crippen LogP contribution in [-0.2, 0) is 5.60 Å². The lowest BCUT2D eigenvalue weighted by Crippen LogP contribution is -2.30. The fraction of sp³-hybridized carbons (Fsp3) is 0.0270. The summed E-state index contributed by atoms with van der Waals surface area (Å²) in [6.45, 7) is 0. The lowest BCUT2D eigenvalue weighted by molar-refractivity contribution is 0.127. The lowest BCUT2D eigenvalue weighted by atomic mass is 9.75. The molecule has 0 saturated heterocycles. The van der Waals surface area contributed by atoms with Crippen molar-refractivity contribution in [3.05, 3.63) is 153 Å². The molecule has 7 aromatic rings. The topological polar surface area (TPSA) is 20.2 Å². The van der Waals surface area contributed by atoms with E-state index in [-0.39, 0.29) is 0 Å². The largest absolute Gasteiger partial charge is 0.376 e. The number of hydrogen-bond donors (Lipinski definition) is 1. The molecule has 0 atom stereocenters. The standard InChI is InChI=1S/C37H22Br2OS/c38-23-14-17-28-26-8-1-2-9-27(26)29-18-15-24(39)21-34(29)37(40,33(28)20-23)32-11-5-3-7-25(32)22-13-16-31-30-10-4-6-12-35(30)41-36(31)19-22/h1-21,40H. The van der Waals surface area contributed by atoms with Gasteiger partial charge in [-0.1, -0.05) is 123 Å². The maximum Gasteiger partial charge on any atom is 0.142 e. The van der Waals surface area contributed by atoms with E-state index >= 15 is 0 Å². The Morgan fingerprint density at radius 1 is 0.463 bits per heavy atom. The molecular formula is C37H22Br2OS. The number of fused-ring (bicyclic) bond motifs is 8. The second-order valence-corrected chi connectivity index (χ2v) is 13.4. The van der Waals surface area contributed by atoms with Crippen molar-refractivity contribution in [2.24, 2.45) is 0 Å². The summed E-state index contributed by atoms with van der Waals surface area (Å²) in [5.41, 5.74) is 7.49. The Kier molecular flexibility index (Phi) is 5.84. The van der Waals surface area contributed by atoms with Gasteiger partial charge >= 0.3 is 0 Å². The van der Waals surface area contributed by atoms with Gasteiger partial charge in [-0.05, 0) is 69.8 Å². The van der Waals surface area contributed by atoms with E-state index in [2.05, 4.69) is 153 Å². The van der Waals surface area contributed by atoms with E-state index in [1.165, 1.54) is 20.2 Å². The summed E-state index contributed by atoms with van der Waals surface area (Å²) in [5, 5.41) is 15.9. The third kappa shape index (κ3) is 3.82. The van der Waals surface area contributed by atoms with Gasteiger partial charge in [0.15, 0.2) is 0 Å². The van der Waals surface area contributed by atoms with E-state index < -0.39 is 5.60 Å². The second kappa shape index (κ2) is 9.50. The van der Waals surface area contributed by atoms with Crippen LogP contribution in [0.1, 0.15) is 16.7 Å². The van der Waals surface area contributed by atoms with E-state index in [1.807, 2.05) is 17.4 Å². The molecule has 196 valence electrons. The van der Waals surface area contributed by atoms with Gasteiger partial charge in [0, 0.05) is 45.8 Å². The van der Waals surface area contributed by atoms with Crippen LogP contribution in [0.25, 0.3) is 53.6 Å². The van der Waals surface area contributed by atoms with Crippen LogP contribution >= 0.6 is 43.2 Å². The molecular weight excluding hydrogens is 652 g/mol. The highest BCUT2D eigenvalue weighted by molar-refractivity contribution is 9.10. The number of hydrogen-bond acceptors (Lipinski definition) is 2. The van der Waals surface area contributed by atoms with Crippen LogP contribution in [-0.4, -0.2) is 5.11 Å². The fourth-order valence-electron chi connectivity index (χ4n) is 6.43. The molecule has 0 fully saturated rings. The average molecular weight is 674 g/mol. The van der Waals surface area contributed by atoms with Gasteiger partial charge in [-0.15, -0.1) is 11.3 Å². The first-order chi connectivity index (χ1) is 20.0. The first kappa shape index (κ1) is 25.2. The monoisotopic (exact) mass is 672 g/mol.